The zero-order valence-electron chi connectivity index (χ0n) is 13.4. The van der Waals surface area contributed by atoms with E-state index in [1.807, 2.05) is 21.0 Å². The van der Waals surface area contributed by atoms with Gasteiger partial charge in [-0.05, 0) is 33.0 Å². The fourth-order valence-corrected chi connectivity index (χ4v) is 2.09. The molecule has 0 heterocycles. The Bertz CT molecular complexity index is 428. The third-order valence-corrected chi connectivity index (χ3v) is 3.59. The Balaban J connectivity index is 2.59. The lowest BCUT2D eigenvalue weighted by Crippen LogP contribution is -2.45. The second-order valence-electron chi connectivity index (χ2n) is 5.53. The molecule has 1 aromatic carbocycles. The number of rotatable bonds is 7. The van der Waals surface area contributed by atoms with Crippen LogP contribution in [-0.4, -0.2) is 49.3 Å². The van der Waals surface area contributed by atoms with E-state index in [1.165, 1.54) is 11.1 Å². The summed E-state index contributed by atoms with van der Waals surface area (Å²) < 4.78 is 0. The molecule has 0 spiro atoms. The molecular formula is C16H27N3O2. The number of urea groups is 1. The van der Waals surface area contributed by atoms with Crippen LogP contribution in [0.4, 0.5) is 4.79 Å². The van der Waals surface area contributed by atoms with E-state index in [1.54, 1.807) is 0 Å². The average Bonchev–Trinajstić information content (AvgIpc) is 2.46. The molecule has 0 aliphatic carbocycles. The Hall–Kier alpha value is -1.59. The minimum absolute atomic E-state index is 0.0427. The van der Waals surface area contributed by atoms with Crippen LogP contribution in [0.5, 0.6) is 0 Å². The van der Waals surface area contributed by atoms with Gasteiger partial charge in [-0.25, -0.2) is 4.79 Å². The van der Waals surface area contributed by atoms with Crippen LogP contribution in [0.3, 0.4) is 0 Å². The number of nitrogens with zero attached hydrogens (tertiary/aromatic N) is 1. The molecule has 0 saturated heterocycles. The first-order valence-corrected chi connectivity index (χ1v) is 7.36. The molecule has 1 rings (SSSR count). The fraction of sp³-hybridized carbons (Fsp3) is 0.562. The fourth-order valence-electron chi connectivity index (χ4n) is 2.09. The van der Waals surface area contributed by atoms with Gasteiger partial charge < -0.3 is 20.6 Å². The molecule has 118 valence electrons. The molecular weight excluding hydrogens is 266 g/mol. The first-order chi connectivity index (χ1) is 9.97. The van der Waals surface area contributed by atoms with Crippen molar-refractivity contribution in [3.8, 4) is 0 Å². The van der Waals surface area contributed by atoms with E-state index in [4.69, 9.17) is 5.11 Å². The summed E-state index contributed by atoms with van der Waals surface area (Å²) in [5.41, 5.74) is 2.38. The summed E-state index contributed by atoms with van der Waals surface area (Å²) in [5, 5.41) is 14.7. The number of hydrogen-bond donors (Lipinski definition) is 3. The van der Waals surface area contributed by atoms with Crippen LogP contribution in [0.25, 0.3) is 0 Å². The zero-order chi connectivity index (χ0) is 15.8. The zero-order valence-corrected chi connectivity index (χ0v) is 13.4. The highest BCUT2D eigenvalue weighted by molar-refractivity contribution is 5.74. The Morgan fingerprint density at radius 2 is 1.90 bits per heavy atom. The van der Waals surface area contributed by atoms with Crippen molar-refractivity contribution < 1.29 is 9.90 Å². The molecule has 0 aliphatic heterocycles. The molecule has 2 amide bonds. The predicted octanol–water partition coefficient (Wildman–Crippen LogP) is 1.67. The average molecular weight is 293 g/mol. The van der Waals surface area contributed by atoms with Gasteiger partial charge in [0.15, 0.2) is 0 Å². The van der Waals surface area contributed by atoms with Gasteiger partial charge in [-0.2, -0.15) is 0 Å². The van der Waals surface area contributed by atoms with Gasteiger partial charge in [0.1, 0.15) is 0 Å². The Morgan fingerprint density at radius 1 is 1.29 bits per heavy atom. The summed E-state index contributed by atoms with van der Waals surface area (Å²) in [6.07, 6.45) is 0.707. The largest absolute Gasteiger partial charge is 0.394 e. The minimum atomic E-state index is -0.241. The van der Waals surface area contributed by atoms with Gasteiger partial charge >= 0.3 is 6.03 Å². The van der Waals surface area contributed by atoms with Crippen LogP contribution in [0, 0.1) is 6.92 Å². The Kier molecular flexibility index (Phi) is 7.19. The van der Waals surface area contributed by atoms with E-state index in [-0.39, 0.29) is 24.7 Å². The van der Waals surface area contributed by atoms with Crippen molar-refractivity contribution in [3.63, 3.8) is 0 Å². The molecule has 3 N–H and O–H groups in total. The lowest BCUT2D eigenvalue weighted by molar-refractivity contribution is 0.210. The molecule has 0 aliphatic rings. The Morgan fingerprint density at radius 3 is 2.38 bits per heavy atom. The van der Waals surface area contributed by atoms with Gasteiger partial charge in [0.25, 0.3) is 0 Å². The first-order valence-electron chi connectivity index (χ1n) is 7.36. The summed E-state index contributed by atoms with van der Waals surface area (Å²) in [5.74, 6) is 0. The molecule has 0 radical (unpaired) electrons. The molecule has 0 bridgehead atoms. The van der Waals surface area contributed by atoms with E-state index in [2.05, 4.69) is 46.7 Å². The standard InChI is InChI=1S/C16H27N3O2/c1-5-14(11-20)18-16(21)17-10-15(19(3)4)13-8-6-12(2)7-9-13/h6-9,14-15,20H,5,10-11H2,1-4H3,(H2,17,18,21). The summed E-state index contributed by atoms with van der Waals surface area (Å²) in [6, 6.07) is 8.00. The highest BCUT2D eigenvalue weighted by Gasteiger charge is 2.16. The van der Waals surface area contributed by atoms with Gasteiger partial charge in [-0.3, -0.25) is 0 Å². The summed E-state index contributed by atoms with van der Waals surface area (Å²) in [4.78, 5) is 13.9. The molecule has 0 aromatic heterocycles. The van der Waals surface area contributed by atoms with Crippen LogP contribution in [0.2, 0.25) is 0 Å². The number of amides is 2. The number of aliphatic hydroxyl groups is 1. The van der Waals surface area contributed by atoms with Gasteiger partial charge in [0.05, 0.1) is 18.7 Å². The normalized spacial score (nSPS) is 13.8. The monoisotopic (exact) mass is 293 g/mol. The lowest BCUT2D eigenvalue weighted by Gasteiger charge is -2.26. The second-order valence-corrected chi connectivity index (χ2v) is 5.53. The number of likely N-dealkylation sites (N-methyl/N-ethyl adjacent to an activating group) is 1. The maximum atomic E-state index is 11.8. The molecule has 0 saturated carbocycles. The summed E-state index contributed by atoms with van der Waals surface area (Å²) >= 11 is 0. The van der Waals surface area contributed by atoms with Crippen molar-refractivity contribution in [1.82, 2.24) is 15.5 Å². The number of aryl methyl sites for hydroxylation is 1. The molecule has 21 heavy (non-hydrogen) atoms. The van der Waals surface area contributed by atoms with E-state index < -0.39 is 0 Å². The van der Waals surface area contributed by atoms with E-state index >= 15 is 0 Å². The molecule has 2 atom stereocenters. The van der Waals surface area contributed by atoms with Gasteiger partial charge in [0.2, 0.25) is 0 Å². The van der Waals surface area contributed by atoms with Crippen molar-refractivity contribution in [3.05, 3.63) is 35.4 Å². The van der Waals surface area contributed by atoms with Crippen LogP contribution in [-0.2, 0) is 0 Å². The van der Waals surface area contributed by atoms with Crippen LogP contribution in [0.15, 0.2) is 24.3 Å². The van der Waals surface area contributed by atoms with Crippen molar-refractivity contribution >= 4 is 6.03 Å². The summed E-state index contributed by atoms with van der Waals surface area (Å²) in [7, 11) is 3.99. The number of aliphatic hydroxyl groups excluding tert-OH is 1. The van der Waals surface area contributed by atoms with Crippen molar-refractivity contribution in [2.75, 3.05) is 27.2 Å². The number of carbonyl (C=O) groups excluding carboxylic acids is 1. The summed E-state index contributed by atoms with van der Waals surface area (Å²) in [6.45, 7) is 4.46. The third kappa shape index (κ3) is 5.73. The van der Waals surface area contributed by atoms with Gasteiger partial charge in [-0.1, -0.05) is 36.8 Å². The minimum Gasteiger partial charge on any atom is -0.394 e. The lowest BCUT2D eigenvalue weighted by atomic mass is 10.0. The quantitative estimate of drug-likeness (QED) is 0.716. The molecule has 2 unspecified atom stereocenters. The number of nitrogens with one attached hydrogen (secondary N) is 2. The van der Waals surface area contributed by atoms with Crippen molar-refractivity contribution in [1.29, 1.82) is 0 Å². The van der Waals surface area contributed by atoms with Crippen LogP contribution in [0.1, 0.15) is 30.5 Å². The smallest absolute Gasteiger partial charge is 0.315 e. The van der Waals surface area contributed by atoms with Gasteiger partial charge in [-0.15, -0.1) is 0 Å². The van der Waals surface area contributed by atoms with Crippen LogP contribution >= 0.6 is 0 Å². The molecule has 1 aromatic rings. The first kappa shape index (κ1) is 17.5. The van der Waals surface area contributed by atoms with Crippen molar-refractivity contribution in [2.45, 2.75) is 32.4 Å². The maximum Gasteiger partial charge on any atom is 0.315 e. The molecule has 5 nitrogen and oxygen atoms in total. The highest BCUT2D eigenvalue weighted by Crippen LogP contribution is 2.17. The molecule has 5 heteroatoms. The predicted molar refractivity (Wildman–Crippen MR) is 85.3 cm³/mol. The third-order valence-electron chi connectivity index (χ3n) is 3.59. The van der Waals surface area contributed by atoms with E-state index in [9.17, 15) is 4.79 Å². The van der Waals surface area contributed by atoms with Crippen molar-refractivity contribution in [2.24, 2.45) is 0 Å². The number of benzene rings is 1. The topological polar surface area (TPSA) is 64.6 Å². The number of carbonyl (C=O) groups is 1. The maximum absolute atomic E-state index is 11.8. The van der Waals surface area contributed by atoms with Gasteiger partial charge in [0, 0.05) is 6.54 Å². The Labute approximate surface area is 127 Å². The van der Waals surface area contributed by atoms with E-state index in [0.29, 0.717) is 13.0 Å². The molecule has 0 fully saturated rings. The number of hydrogen-bond acceptors (Lipinski definition) is 3. The van der Waals surface area contributed by atoms with Crippen LogP contribution < -0.4 is 10.6 Å². The van der Waals surface area contributed by atoms with E-state index in [0.717, 1.165) is 0 Å². The second kappa shape index (κ2) is 8.64. The highest BCUT2D eigenvalue weighted by atomic mass is 16.3. The SMILES string of the molecule is CCC(CO)NC(=O)NCC(c1ccc(C)cc1)N(C)C.